The average molecular weight is 317 g/mol. The molecule has 0 N–H and O–H groups in total. The molecule has 0 amide bonds. The Morgan fingerprint density at radius 1 is 0.826 bits per heavy atom. The van der Waals surface area contributed by atoms with Crippen LogP contribution in [0.5, 0.6) is 0 Å². The van der Waals surface area contributed by atoms with Crippen LogP contribution in [0, 0.1) is 0 Å². The molecule has 0 atom stereocenters. The fraction of sp³-hybridized carbons (Fsp3) is 0.190. The summed E-state index contributed by atoms with van der Waals surface area (Å²) >= 11 is 0. The number of fused-ring (bicyclic) bond motifs is 3. The van der Waals surface area contributed by atoms with Crippen LogP contribution in [-0.2, 0) is 6.54 Å². The van der Waals surface area contributed by atoms with Gasteiger partial charge in [0.05, 0.1) is 13.6 Å². The van der Waals surface area contributed by atoms with Gasteiger partial charge in [-0.05, 0) is 22.4 Å². The third-order valence-electron chi connectivity index (χ3n) is 4.74. The van der Waals surface area contributed by atoms with Crippen molar-refractivity contribution in [3.05, 3.63) is 72.4 Å². The molecule has 2 aromatic carbocycles. The lowest BCUT2D eigenvalue weighted by Gasteiger charge is -2.15. The molecule has 0 aliphatic carbocycles. The molecule has 2 heteroatoms. The van der Waals surface area contributed by atoms with Crippen molar-refractivity contribution in [2.75, 3.05) is 0 Å². The molecule has 0 saturated carbocycles. The summed E-state index contributed by atoms with van der Waals surface area (Å²) in [6.07, 6.45) is 2.27. The molecule has 0 spiro atoms. The van der Waals surface area contributed by atoms with Crippen LogP contribution < -0.4 is 9.75 Å². The lowest BCUT2D eigenvalue weighted by Crippen LogP contribution is -2.42. The van der Waals surface area contributed by atoms with Crippen LogP contribution >= 0.6 is 0 Å². The fourth-order valence-corrected chi connectivity index (χ4v) is 4.46. The zero-order chi connectivity index (χ0) is 16.0. The van der Waals surface area contributed by atoms with Crippen molar-refractivity contribution in [3.63, 3.8) is 0 Å². The monoisotopic (exact) mass is 316 g/mol. The number of hydrogen-bond acceptors (Lipinski definition) is 0. The third kappa shape index (κ3) is 2.53. The van der Waals surface area contributed by atoms with Gasteiger partial charge in [-0.3, -0.25) is 0 Å². The Morgan fingerprint density at radius 2 is 1.61 bits per heavy atom. The molecule has 1 aliphatic rings. The van der Waals surface area contributed by atoms with E-state index in [9.17, 15) is 0 Å². The molecule has 4 rings (SSSR count). The van der Waals surface area contributed by atoms with Gasteiger partial charge in [0.25, 0.3) is 0 Å². The Hall–Kier alpha value is -2.19. The number of pyridine rings is 1. The van der Waals surface area contributed by atoms with Gasteiger partial charge in [-0.25, -0.2) is 0 Å². The molecule has 114 valence electrons. The summed E-state index contributed by atoms with van der Waals surface area (Å²) < 4.78 is 2.38. The van der Waals surface area contributed by atoms with Gasteiger partial charge in [0.2, 0.25) is 5.69 Å². The maximum absolute atomic E-state index is 2.42. The minimum Gasteiger partial charge on any atom is -0.194 e. The van der Waals surface area contributed by atoms with Crippen molar-refractivity contribution in [3.8, 4) is 22.4 Å². The van der Waals surface area contributed by atoms with E-state index in [4.69, 9.17) is 0 Å². The molecular formula is C21H22NSi+. The molecule has 0 bridgehead atoms. The number of nitrogens with zero attached hydrogens (tertiary/aromatic N) is 1. The maximum Gasteiger partial charge on any atom is 0.213 e. The van der Waals surface area contributed by atoms with Crippen LogP contribution in [0.4, 0.5) is 0 Å². The van der Waals surface area contributed by atoms with E-state index in [-0.39, 0.29) is 0 Å². The zero-order valence-electron chi connectivity index (χ0n) is 14.0. The van der Waals surface area contributed by atoms with Gasteiger partial charge in [0, 0.05) is 17.7 Å². The van der Waals surface area contributed by atoms with E-state index in [2.05, 4.69) is 91.1 Å². The quantitative estimate of drug-likeness (QED) is 0.385. The van der Waals surface area contributed by atoms with Crippen molar-refractivity contribution in [2.24, 2.45) is 0 Å². The van der Waals surface area contributed by atoms with E-state index in [0.717, 1.165) is 6.54 Å². The molecule has 2 heterocycles. The number of hydrogen-bond donors (Lipinski definition) is 0. The lowest BCUT2D eigenvalue weighted by molar-refractivity contribution is -0.672. The molecule has 1 aromatic heterocycles. The Kier molecular flexibility index (Phi) is 3.24. The Balaban J connectivity index is 1.85. The molecular weight excluding hydrogens is 294 g/mol. The molecule has 0 saturated heterocycles. The van der Waals surface area contributed by atoms with E-state index in [1.54, 1.807) is 0 Å². The summed E-state index contributed by atoms with van der Waals surface area (Å²) in [5, 5.41) is 1.53. The first-order valence-corrected chi connectivity index (χ1v) is 11.7. The summed E-state index contributed by atoms with van der Waals surface area (Å²) in [5.74, 6) is 0. The molecule has 23 heavy (non-hydrogen) atoms. The topological polar surface area (TPSA) is 3.88 Å². The van der Waals surface area contributed by atoms with Crippen molar-refractivity contribution in [1.29, 1.82) is 0 Å². The number of rotatable bonds is 2. The first-order chi connectivity index (χ1) is 11.0. The summed E-state index contributed by atoms with van der Waals surface area (Å²) in [6.45, 7) is 8.23. The zero-order valence-corrected chi connectivity index (χ0v) is 15.0. The Morgan fingerprint density at radius 3 is 2.35 bits per heavy atom. The van der Waals surface area contributed by atoms with Gasteiger partial charge in [-0.2, -0.15) is 4.57 Å². The fourth-order valence-electron chi connectivity index (χ4n) is 3.31. The van der Waals surface area contributed by atoms with Gasteiger partial charge in [0.15, 0.2) is 12.7 Å². The number of aromatic nitrogens is 1. The molecule has 3 aromatic rings. The van der Waals surface area contributed by atoms with Gasteiger partial charge in [0.1, 0.15) is 0 Å². The van der Waals surface area contributed by atoms with Crippen LogP contribution in [0.3, 0.4) is 0 Å². The number of benzene rings is 2. The predicted octanol–water partition coefficient (Wildman–Crippen LogP) is 4.22. The third-order valence-corrected chi connectivity index (χ3v) is 6.78. The van der Waals surface area contributed by atoms with Gasteiger partial charge in [-0.15, -0.1) is 0 Å². The molecule has 0 radical (unpaired) electrons. The highest BCUT2D eigenvalue weighted by Crippen LogP contribution is 2.31. The van der Waals surface area contributed by atoms with E-state index in [1.165, 1.54) is 33.1 Å². The summed E-state index contributed by atoms with van der Waals surface area (Å²) in [7, 11) is -1.29. The highest BCUT2D eigenvalue weighted by molar-refractivity contribution is 6.88. The summed E-state index contributed by atoms with van der Waals surface area (Å²) in [5.41, 5.74) is 6.79. The van der Waals surface area contributed by atoms with E-state index in [0.29, 0.717) is 0 Å². The predicted molar refractivity (Wildman–Crippen MR) is 99.6 cm³/mol. The van der Waals surface area contributed by atoms with Gasteiger partial charge >= 0.3 is 0 Å². The largest absolute Gasteiger partial charge is 0.213 e. The Labute approximate surface area is 139 Å². The smallest absolute Gasteiger partial charge is 0.194 e. The second-order valence-corrected chi connectivity index (χ2v) is 12.5. The first-order valence-electron chi connectivity index (χ1n) is 8.25. The van der Waals surface area contributed by atoms with Crippen molar-refractivity contribution < 1.29 is 4.57 Å². The average Bonchev–Trinajstić information content (AvgIpc) is 2.92. The minimum atomic E-state index is -1.29. The van der Waals surface area contributed by atoms with Crippen molar-refractivity contribution in [1.82, 2.24) is 0 Å². The minimum absolute atomic E-state index is 0.992. The second kappa shape index (κ2) is 5.17. The van der Waals surface area contributed by atoms with Crippen LogP contribution in [0.1, 0.15) is 5.56 Å². The van der Waals surface area contributed by atoms with Gasteiger partial charge < -0.3 is 0 Å². The normalized spacial score (nSPS) is 12.8. The second-order valence-electron chi connectivity index (χ2n) is 7.42. The molecule has 1 nitrogen and oxygen atoms in total. The summed E-state index contributed by atoms with van der Waals surface area (Å²) in [4.78, 5) is 0. The first kappa shape index (κ1) is 14.4. The van der Waals surface area contributed by atoms with Crippen molar-refractivity contribution in [2.45, 2.75) is 26.2 Å². The van der Waals surface area contributed by atoms with Gasteiger partial charge in [-0.1, -0.05) is 62.1 Å². The van der Waals surface area contributed by atoms with Crippen LogP contribution in [0.15, 0.2) is 66.9 Å². The molecule has 0 fully saturated rings. The van der Waals surface area contributed by atoms with Crippen LogP contribution in [0.2, 0.25) is 19.6 Å². The van der Waals surface area contributed by atoms with E-state index >= 15 is 0 Å². The van der Waals surface area contributed by atoms with Crippen LogP contribution in [0.25, 0.3) is 22.4 Å². The molecule has 0 unspecified atom stereocenters. The highest BCUT2D eigenvalue weighted by atomic mass is 28.3. The highest BCUT2D eigenvalue weighted by Gasteiger charge is 2.28. The molecule has 1 aliphatic heterocycles. The lowest BCUT2D eigenvalue weighted by atomic mass is 9.99. The maximum atomic E-state index is 2.42. The van der Waals surface area contributed by atoms with E-state index in [1.807, 2.05) is 0 Å². The Bertz CT molecular complexity index is 876. The SMILES string of the molecule is C[Si](C)(C)c1cc[n+]2c(c1)-c1cc(-c3ccccc3)ccc1C2. The van der Waals surface area contributed by atoms with Crippen molar-refractivity contribution >= 4 is 13.3 Å². The van der Waals surface area contributed by atoms with Crippen LogP contribution in [-0.4, -0.2) is 8.07 Å². The van der Waals surface area contributed by atoms with E-state index < -0.39 is 8.07 Å². The standard InChI is InChI=1S/C21H22NSi/c1-23(2,3)19-11-12-22-15-18-10-9-17(13-20(18)21(22)14-19)16-7-5-4-6-8-16/h4-14H,15H2,1-3H3/q+1. The summed E-state index contributed by atoms with van der Waals surface area (Å²) in [6, 6.07) is 22.3.